The van der Waals surface area contributed by atoms with E-state index < -0.39 is 0 Å². The number of halogens is 1. The van der Waals surface area contributed by atoms with Crippen molar-refractivity contribution in [2.24, 2.45) is 0 Å². The van der Waals surface area contributed by atoms with Crippen LogP contribution in [0.1, 0.15) is 32.7 Å². The van der Waals surface area contributed by atoms with Gasteiger partial charge in [0.25, 0.3) is 0 Å². The molecule has 0 aliphatic carbocycles. The van der Waals surface area contributed by atoms with Gasteiger partial charge >= 0.3 is 0 Å². The molecule has 1 heterocycles. The number of aromatic nitrogens is 3. The second-order valence-corrected chi connectivity index (χ2v) is 5.27. The summed E-state index contributed by atoms with van der Waals surface area (Å²) in [6.45, 7) is 4.36. The summed E-state index contributed by atoms with van der Waals surface area (Å²) in [5.74, 6) is 0.813. The molecule has 0 aliphatic rings. The molecule has 0 radical (unpaired) electrons. The highest BCUT2D eigenvalue weighted by atomic mass is 127. The van der Waals surface area contributed by atoms with E-state index in [9.17, 15) is 0 Å². The monoisotopic (exact) mass is 341 g/mol. The van der Waals surface area contributed by atoms with Gasteiger partial charge in [0, 0.05) is 9.13 Å². The molecule has 1 aromatic carbocycles. The molecular formula is C13H16IN3. The molecule has 2 aromatic rings. The summed E-state index contributed by atoms with van der Waals surface area (Å²) >= 11 is 2.30. The van der Waals surface area contributed by atoms with Crippen LogP contribution in [0.5, 0.6) is 0 Å². The molecule has 0 atom stereocenters. The topological polar surface area (TPSA) is 30.7 Å². The maximum absolute atomic E-state index is 4.56. The zero-order valence-corrected chi connectivity index (χ0v) is 12.3. The molecule has 0 aliphatic heterocycles. The molecular weight excluding hydrogens is 325 g/mol. The average Bonchev–Trinajstić information content (AvgIpc) is 2.81. The minimum atomic E-state index is 0.458. The van der Waals surface area contributed by atoms with Crippen LogP contribution < -0.4 is 0 Å². The van der Waals surface area contributed by atoms with Gasteiger partial charge in [-0.15, -0.1) is 0 Å². The van der Waals surface area contributed by atoms with Gasteiger partial charge in [0.1, 0.15) is 6.33 Å². The predicted octanol–water partition coefficient (Wildman–Crippen LogP) is 3.91. The zero-order chi connectivity index (χ0) is 12.3. The normalized spacial score (nSPS) is 11.1. The number of benzene rings is 1. The summed E-state index contributed by atoms with van der Waals surface area (Å²) in [5, 5.41) is 4.56. The summed E-state index contributed by atoms with van der Waals surface area (Å²) in [6, 6.07) is 8.74. The lowest BCUT2D eigenvalue weighted by Gasteiger charge is -2.11. The Balaban J connectivity index is 2.26. The van der Waals surface area contributed by atoms with Crippen molar-refractivity contribution in [2.45, 2.75) is 32.7 Å². The first-order valence-corrected chi connectivity index (χ1v) is 6.99. The highest BCUT2D eigenvalue weighted by Crippen LogP contribution is 2.19. The lowest BCUT2D eigenvalue weighted by molar-refractivity contribution is 0.428. The van der Waals surface area contributed by atoms with E-state index in [1.807, 2.05) is 11.0 Å². The Bertz CT molecular complexity index is 472. The Morgan fingerprint density at radius 3 is 2.41 bits per heavy atom. The van der Waals surface area contributed by atoms with E-state index in [1.54, 1.807) is 0 Å². The fraction of sp³-hybridized carbons (Fsp3) is 0.385. The minimum absolute atomic E-state index is 0.458. The molecule has 2 rings (SSSR count). The molecule has 4 heteroatoms. The fourth-order valence-electron chi connectivity index (χ4n) is 1.84. The Kier molecular flexibility index (Phi) is 4.15. The number of rotatable bonds is 4. The van der Waals surface area contributed by atoms with E-state index in [0.29, 0.717) is 6.04 Å². The van der Waals surface area contributed by atoms with Crippen LogP contribution in [-0.2, 0) is 0 Å². The van der Waals surface area contributed by atoms with Crippen molar-refractivity contribution in [1.82, 2.24) is 14.8 Å². The number of hydrogen-bond donors (Lipinski definition) is 0. The third-order valence-corrected chi connectivity index (χ3v) is 3.65. The van der Waals surface area contributed by atoms with E-state index in [4.69, 9.17) is 0 Å². The van der Waals surface area contributed by atoms with E-state index in [-0.39, 0.29) is 0 Å². The molecule has 17 heavy (non-hydrogen) atoms. The molecule has 0 bridgehead atoms. The zero-order valence-electron chi connectivity index (χ0n) is 10.1. The summed E-state index contributed by atoms with van der Waals surface area (Å²) in [5.41, 5.74) is 1.08. The molecule has 0 N–H and O–H groups in total. The maximum Gasteiger partial charge on any atom is 0.181 e. The summed E-state index contributed by atoms with van der Waals surface area (Å²) in [6.07, 6.45) is 4.02. The van der Waals surface area contributed by atoms with Gasteiger partial charge in [0.2, 0.25) is 0 Å². The Morgan fingerprint density at radius 1 is 1.18 bits per heavy atom. The summed E-state index contributed by atoms with van der Waals surface area (Å²) in [4.78, 5) is 4.38. The van der Waals surface area contributed by atoms with Crippen molar-refractivity contribution < 1.29 is 0 Å². The van der Waals surface area contributed by atoms with Crippen LogP contribution >= 0.6 is 22.6 Å². The lowest BCUT2D eigenvalue weighted by Crippen LogP contribution is -2.07. The van der Waals surface area contributed by atoms with E-state index in [0.717, 1.165) is 24.2 Å². The van der Waals surface area contributed by atoms with E-state index in [1.165, 1.54) is 3.57 Å². The van der Waals surface area contributed by atoms with Crippen LogP contribution in [0.15, 0.2) is 30.6 Å². The van der Waals surface area contributed by atoms with E-state index in [2.05, 4.69) is 70.8 Å². The molecule has 0 unspecified atom stereocenters. The first-order valence-electron chi connectivity index (χ1n) is 5.91. The van der Waals surface area contributed by atoms with Crippen LogP contribution in [0.4, 0.5) is 0 Å². The quantitative estimate of drug-likeness (QED) is 0.790. The molecule has 0 spiro atoms. The lowest BCUT2D eigenvalue weighted by atomic mass is 10.2. The summed E-state index contributed by atoms with van der Waals surface area (Å²) in [7, 11) is 0. The van der Waals surface area contributed by atoms with Crippen molar-refractivity contribution in [3.63, 3.8) is 0 Å². The van der Waals surface area contributed by atoms with Crippen molar-refractivity contribution in [1.29, 1.82) is 0 Å². The SMILES string of the molecule is CCC(CC)n1cnc(-c2ccc(I)cc2)n1. The highest BCUT2D eigenvalue weighted by molar-refractivity contribution is 14.1. The van der Waals surface area contributed by atoms with Crippen molar-refractivity contribution in [3.8, 4) is 11.4 Å². The maximum atomic E-state index is 4.56. The minimum Gasteiger partial charge on any atom is -0.249 e. The first-order chi connectivity index (χ1) is 8.24. The van der Waals surface area contributed by atoms with Gasteiger partial charge < -0.3 is 0 Å². The third kappa shape index (κ3) is 2.86. The van der Waals surface area contributed by atoms with Crippen LogP contribution in [0.3, 0.4) is 0 Å². The largest absolute Gasteiger partial charge is 0.249 e. The Labute approximate surface area is 115 Å². The molecule has 1 aromatic heterocycles. The Hall–Kier alpha value is -0.910. The van der Waals surface area contributed by atoms with Gasteiger partial charge in [0.05, 0.1) is 6.04 Å². The fourth-order valence-corrected chi connectivity index (χ4v) is 2.20. The van der Waals surface area contributed by atoms with Crippen LogP contribution in [-0.4, -0.2) is 14.8 Å². The second-order valence-electron chi connectivity index (χ2n) is 4.03. The van der Waals surface area contributed by atoms with Gasteiger partial charge in [-0.05, 0) is 47.6 Å². The Morgan fingerprint density at radius 2 is 1.82 bits per heavy atom. The second kappa shape index (κ2) is 5.62. The predicted molar refractivity (Wildman–Crippen MR) is 77.8 cm³/mol. The van der Waals surface area contributed by atoms with Gasteiger partial charge in [-0.25, -0.2) is 9.67 Å². The van der Waals surface area contributed by atoms with Gasteiger partial charge in [0.15, 0.2) is 5.82 Å². The van der Waals surface area contributed by atoms with Gasteiger partial charge in [-0.2, -0.15) is 5.10 Å². The highest BCUT2D eigenvalue weighted by Gasteiger charge is 2.09. The molecule has 0 fully saturated rings. The smallest absolute Gasteiger partial charge is 0.181 e. The molecule has 3 nitrogen and oxygen atoms in total. The van der Waals surface area contributed by atoms with Crippen LogP contribution in [0.25, 0.3) is 11.4 Å². The standard InChI is InChI=1S/C13H16IN3/c1-3-12(4-2)17-9-15-13(16-17)10-5-7-11(14)8-6-10/h5-9,12H,3-4H2,1-2H3. The van der Waals surface area contributed by atoms with Crippen molar-refractivity contribution in [2.75, 3.05) is 0 Å². The van der Waals surface area contributed by atoms with Crippen LogP contribution in [0, 0.1) is 3.57 Å². The van der Waals surface area contributed by atoms with Crippen LogP contribution in [0.2, 0.25) is 0 Å². The van der Waals surface area contributed by atoms with Gasteiger partial charge in [-0.1, -0.05) is 26.0 Å². The molecule has 0 saturated carbocycles. The third-order valence-electron chi connectivity index (χ3n) is 2.93. The molecule has 0 amide bonds. The first kappa shape index (κ1) is 12.5. The van der Waals surface area contributed by atoms with E-state index >= 15 is 0 Å². The number of hydrogen-bond acceptors (Lipinski definition) is 2. The molecule has 90 valence electrons. The van der Waals surface area contributed by atoms with Gasteiger partial charge in [-0.3, -0.25) is 0 Å². The number of nitrogens with zero attached hydrogens (tertiary/aromatic N) is 3. The average molecular weight is 341 g/mol. The molecule has 0 saturated heterocycles. The summed E-state index contributed by atoms with van der Waals surface area (Å²) < 4.78 is 3.21. The van der Waals surface area contributed by atoms with Crippen molar-refractivity contribution in [3.05, 3.63) is 34.2 Å². The van der Waals surface area contributed by atoms with Crippen molar-refractivity contribution >= 4 is 22.6 Å².